The van der Waals surface area contributed by atoms with E-state index in [1.54, 1.807) is 30.3 Å². The van der Waals surface area contributed by atoms with Crippen molar-refractivity contribution in [2.45, 2.75) is 11.5 Å². The van der Waals surface area contributed by atoms with Crippen LogP contribution in [0.1, 0.15) is 21.9 Å². The molecule has 2 aromatic carbocycles. The summed E-state index contributed by atoms with van der Waals surface area (Å²) in [6.45, 7) is 0. The van der Waals surface area contributed by atoms with Gasteiger partial charge in [-0.1, -0.05) is 35.5 Å². The Morgan fingerprint density at radius 2 is 1.76 bits per heavy atom. The summed E-state index contributed by atoms with van der Waals surface area (Å²) >= 11 is 0. The molecule has 148 valence electrons. The van der Waals surface area contributed by atoms with Crippen LogP contribution in [-0.2, 0) is 21.3 Å². The first-order valence-corrected chi connectivity index (χ1v) is 10.4. The molecule has 0 atom stereocenters. The minimum Gasteiger partial charge on any atom is -0.455 e. The van der Waals surface area contributed by atoms with Gasteiger partial charge < -0.3 is 14.3 Å². The Hall–Kier alpha value is -3.46. The molecule has 0 fully saturated rings. The van der Waals surface area contributed by atoms with Gasteiger partial charge in [0.25, 0.3) is 5.91 Å². The van der Waals surface area contributed by atoms with Gasteiger partial charge in [-0.25, -0.2) is 12.8 Å². The lowest BCUT2D eigenvalue weighted by Crippen LogP contribution is -2.11. The molecule has 0 aliphatic rings. The molecule has 0 bridgehead atoms. The summed E-state index contributed by atoms with van der Waals surface area (Å²) in [4.78, 5) is 12.4. The van der Waals surface area contributed by atoms with Crippen molar-refractivity contribution in [2.24, 2.45) is 0 Å². The van der Waals surface area contributed by atoms with E-state index in [4.69, 9.17) is 8.94 Å². The number of para-hydroxylation sites is 1. The smallest absolute Gasteiger partial charge is 0.292 e. The van der Waals surface area contributed by atoms with E-state index in [9.17, 15) is 17.6 Å². The zero-order chi connectivity index (χ0) is 20.4. The third-order valence-corrected chi connectivity index (χ3v) is 5.67. The molecular formula is C20H15FN2O5S. The fraction of sp³-hybridized carbons (Fsp3) is 0.100. The number of benzene rings is 2. The highest BCUT2D eigenvalue weighted by atomic mass is 32.2. The molecule has 4 rings (SSSR count). The van der Waals surface area contributed by atoms with E-state index < -0.39 is 33.1 Å². The molecule has 0 unspecified atom stereocenters. The first-order valence-electron chi connectivity index (χ1n) is 8.59. The highest BCUT2D eigenvalue weighted by molar-refractivity contribution is 7.89. The van der Waals surface area contributed by atoms with Crippen LogP contribution in [0.4, 0.5) is 10.2 Å². The van der Waals surface area contributed by atoms with E-state index in [-0.39, 0.29) is 22.9 Å². The van der Waals surface area contributed by atoms with Gasteiger partial charge in [0.2, 0.25) is 0 Å². The average Bonchev–Trinajstić information content (AvgIpc) is 3.31. The lowest BCUT2D eigenvalue weighted by Gasteiger charge is -2.04. The number of nitrogens with one attached hydrogen (secondary N) is 1. The zero-order valence-electron chi connectivity index (χ0n) is 15.0. The number of halogens is 1. The molecule has 1 N–H and O–H groups in total. The molecule has 9 heteroatoms. The molecule has 0 radical (unpaired) electrons. The number of aromatic nitrogens is 1. The van der Waals surface area contributed by atoms with Gasteiger partial charge in [-0.15, -0.1) is 0 Å². The molecule has 0 saturated heterocycles. The quantitative estimate of drug-likeness (QED) is 0.513. The maximum Gasteiger partial charge on any atom is 0.292 e. The number of anilines is 1. The van der Waals surface area contributed by atoms with Crippen LogP contribution in [0.25, 0.3) is 11.0 Å². The highest BCUT2D eigenvalue weighted by Crippen LogP contribution is 2.23. The Bertz CT molecular complexity index is 1290. The molecule has 2 aromatic heterocycles. The van der Waals surface area contributed by atoms with E-state index in [2.05, 4.69) is 10.5 Å². The number of carbonyl (C=O) groups is 1. The largest absolute Gasteiger partial charge is 0.455 e. The second kappa shape index (κ2) is 7.51. The molecular weight excluding hydrogens is 399 g/mol. The predicted octanol–water partition coefficient (Wildman–Crippen LogP) is 3.93. The topological polar surface area (TPSA) is 102 Å². The normalized spacial score (nSPS) is 11.6. The van der Waals surface area contributed by atoms with Gasteiger partial charge in [-0.2, -0.15) is 0 Å². The van der Waals surface area contributed by atoms with Crippen molar-refractivity contribution in [2.75, 3.05) is 5.32 Å². The monoisotopic (exact) mass is 414 g/mol. The molecule has 0 aliphatic heterocycles. The Morgan fingerprint density at radius 3 is 2.59 bits per heavy atom. The third-order valence-electron chi connectivity index (χ3n) is 4.19. The van der Waals surface area contributed by atoms with Crippen LogP contribution >= 0.6 is 0 Å². The number of carbonyl (C=O) groups excluding carboxylic acids is 1. The maximum atomic E-state index is 13.7. The number of furan rings is 1. The second-order valence-corrected chi connectivity index (χ2v) is 8.44. The number of amides is 1. The molecule has 1 amide bonds. The lowest BCUT2D eigenvalue weighted by atomic mass is 10.2. The lowest BCUT2D eigenvalue weighted by molar-refractivity contribution is 0.0994. The average molecular weight is 414 g/mol. The van der Waals surface area contributed by atoms with Crippen LogP contribution in [0.3, 0.4) is 0 Å². The summed E-state index contributed by atoms with van der Waals surface area (Å²) in [5, 5.41) is 7.00. The Morgan fingerprint density at radius 1 is 1.00 bits per heavy atom. The number of fused-ring (bicyclic) bond motifs is 1. The van der Waals surface area contributed by atoms with Gasteiger partial charge in [0.15, 0.2) is 27.0 Å². The van der Waals surface area contributed by atoms with Crippen molar-refractivity contribution in [3.8, 4) is 0 Å². The fourth-order valence-corrected chi connectivity index (χ4v) is 4.24. The Balaban J connectivity index is 1.46. The standard InChI is InChI=1S/C20H15FN2O5S/c21-16-7-3-1-5-13(16)11-29(25,26)12-14-9-10-18(27-14)20(24)22-19-15-6-2-4-8-17(15)28-23-19/h1-10H,11-12H2,(H,22,23,24). The van der Waals surface area contributed by atoms with Crippen molar-refractivity contribution in [3.63, 3.8) is 0 Å². The van der Waals surface area contributed by atoms with Crippen molar-refractivity contribution in [1.29, 1.82) is 0 Å². The van der Waals surface area contributed by atoms with E-state index in [0.29, 0.717) is 11.0 Å². The first kappa shape index (κ1) is 18.9. The van der Waals surface area contributed by atoms with Gasteiger partial charge >= 0.3 is 0 Å². The summed E-state index contributed by atoms with van der Waals surface area (Å²) in [6.07, 6.45) is 0. The Kier molecular flexibility index (Phi) is 4.89. The van der Waals surface area contributed by atoms with Crippen molar-refractivity contribution in [1.82, 2.24) is 5.16 Å². The number of sulfone groups is 1. The summed E-state index contributed by atoms with van der Waals surface area (Å²) < 4.78 is 48.9. The maximum absolute atomic E-state index is 13.7. The highest BCUT2D eigenvalue weighted by Gasteiger charge is 2.20. The molecule has 0 aliphatic carbocycles. The number of rotatable bonds is 6. The predicted molar refractivity (Wildman–Crippen MR) is 103 cm³/mol. The fourth-order valence-electron chi connectivity index (χ4n) is 2.84. The number of nitrogens with zero attached hydrogens (tertiary/aromatic N) is 1. The van der Waals surface area contributed by atoms with Crippen LogP contribution in [0.5, 0.6) is 0 Å². The minimum absolute atomic E-state index is 0.0758. The van der Waals surface area contributed by atoms with Gasteiger partial charge in [0.05, 0.1) is 11.1 Å². The van der Waals surface area contributed by atoms with Crippen LogP contribution < -0.4 is 5.32 Å². The van der Waals surface area contributed by atoms with Crippen LogP contribution in [-0.4, -0.2) is 19.5 Å². The molecule has 4 aromatic rings. The number of hydrogen-bond acceptors (Lipinski definition) is 6. The van der Waals surface area contributed by atoms with E-state index in [1.807, 2.05) is 0 Å². The van der Waals surface area contributed by atoms with Crippen LogP contribution in [0.15, 0.2) is 69.6 Å². The van der Waals surface area contributed by atoms with Gasteiger partial charge in [-0.3, -0.25) is 4.79 Å². The molecule has 29 heavy (non-hydrogen) atoms. The second-order valence-electron chi connectivity index (χ2n) is 6.37. The summed E-state index contributed by atoms with van der Waals surface area (Å²) in [7, 11) is -3.69. The zero-order valence-corrected chi connectivity index (χ0v) is 15.8. The first-order chi connectivity index (χ1) is 13.9. The van der Waals surface area contributed by atoms with Crippen molar-refractivity contribution >= 4 is 32.5 Å². The SMILES string of the molecule is O=C(Nc1noc2ccccc12)c1ccc(CS(=O)(=O)Cc2ccccc2F)o1. The van der Waals surface area contributed by atoms with Crippen LogP contribution in [0, 0.1) is 5.82 Å². The summed E-state index contributed by atoms with van der Waals surface area (Å²) in [6, 6.07) is 15.4. The molecule has 0 spiro atoms. The molecule has 2 heterocycles. The van der Waals surface area contributed by atoms with E-state index in [1.165, 1.54) is 30.3 Å². The number of hydrogen-bond donors (Lipinski definition) is 1. The van der Waals surface area contributed by atoms with Crippen molar-refractivity contribution in [3.05, 3.63) is 83.6 Å². The van der Waals surface area contributed by atoms with Crippen LogP contribution in [0.2, 0.25) is 0 Å². The molecule has 7 nitrogen and oxygen atoms in total. The summed E-state index contributed by atoms with van der Waals surface area (Å²) in [5.74, 6) is -1.87. The third kappa shape index (κ3) is 4.19. The van der Waals surface area contributed by atoms with Gasteiger partial charge in [0.1, 0.15) is 17.3 Å². The van der Waals surface area contributed by atoms with Crippen molar-refractivity contribution < 1.29 is 26.5 Å². The Labute approximate surface area is 165 Å². The van der Waals surface area contributed by atoms with Gasteiger partial charge in [-0.05, 0) is 30.3 Å². The van der Waals surface area contributed by atoms with Gasteiger partial charge in [0, 0.05) is 5.56 Å². The minimum atomic E-state index is -3.69. The molecule has 0 saturated carbocycles. The van der Waals surface area contributed by atoms with E-state index >= 15 is 0 Å². The van der Waals surface area contributed by atoms with E-state index in [0.717, 1.165) is 0 Å². The summed E-state index contributed by atoms with van der Waals surface area (Å²) in [5.41, 5.74) is 0.595.